The van der Waals surface area contributed by atoms with Gasteiger partial charge in [0, 0.05) is 17.1 Å². The molecule has 0 aliphatic rings. The maximum absolute atomic E-state index is 11.5. The van der Waals surface area contributed by atoms with E-state index < -0.39 is 0 Å². The molecule has 0 aromatic heterocycles. The molecule has 3 nitrogen and oxygen atoms in total. The molecule has 15 heavy (non-hydrogen) atoms. The van der Waals surface area contributed by atoms with E-state index >= 15 is 0 Å². The Labute approximate surface area is 94.8 Å². The Balaban J connectivity index is 2.40. The van der Waals surface area contributed by atoms with E-state index in [1.807, 2.05) is 0 Å². The molecule has 0 atom stereocenters. The number of benzene rings is 1. The molecule has 0 fully saturated rings. The van der Waals surface area contributed by atoms with Crippen molar-refractivity contribution in [3.05, 3.63) is 34.9 Å². The molecule has 1 aromatic rings. The second-order valence-electron chi connectivity index (χ2n) is 3.24. The predicted octanol–water partition coefficient (Wildman–Crippen LogP) is 2.37. The van der Waals surface area contributed by atoms with Crippen LogP contribution in [0.15, 0.2) is 24.3 Å². The van der Waals surface area contributed by atoms with E-state index in [0.29, 0.717) is 10.6 Å². The molecule has 0 saturated heterocycles. The van der Waals surface area contributed by atoms with E-state index in [1.54, 1.807) is 24.3 Å². The highest BCUT2D eigenvalue weighted by atomic mass is 35.5. The van der Waals surface area contributed by atoms with E-state index in [4.69, 9.17) is 11.6 Å². The fourth-order valence-corrected chi connectivity index (χ4v) is 1.30. The summed E-state index contributed by atoms with van der Waals surface area (Å²) in [6, 6.07) is 6.85. The fourth-order valence-electron chi connectivity index (χ4n) is 1.11. The average molecular weight is 227 g/mol. The zero-order valence-electron chi connectivity index (χ0n) is 8.72. The third-order valence-corrected chi connectivity index (χ3v) is 2.18. The maximum atomic E-state index is 11.5. The maximum Gasteiger partial charge on any atom is 0.265 e. The molecular weight excluding hydrogens is 212 g/mol. The van der Waals surface area contributed by atoms with Gasteiger partial charge >= 0.3 is 0 Å². The van der Waals surface area contributed by atoms with Gasteiger partial charge in [-0.05, 0) is 24.6 Å². The van der Waals surface area contributed by atoms with Gasteiger partial charge in [0.1, 0.15) is 0 Å². The van der Waals surface area contributed by atoms with Gasteiger partial charge in [-0.15, -0.1) is 0 Å². The summed E-state index contributed by atoms with van der Waals surface area (Å²) in [5.74, 6) is -0.159. The number of carbonyl (C=O) groups excluding carboxylic acids is 1. The first-order valence-corrected chi connectivity index (χ1v) is 5.40. The third kappa shape index (κ3) is 4.32. The molecule has 1 aromatic carbocycles. The SMILES string of the molecule is CCCCNNC(=O)c1cccc(Cl)c1. The average Bonchev–Trinajstić information content (AvgIpc) is 2.24. The van der Waals surface area contributed by atoms with Gasteiger partial charge in [0.15, 0.2) is 0 Å². The molecule has 0 bridgehead atoms. The minimum atomic E-state index is -0.159. The van der Waals surface area contributed by atoms with Crippen LogP contribution in [0.3, 0.4) is 0 Å². The summed E-state index contributed by atoms with van der Waals surface area (Å²) in [4.78, 5) is 11.5. The summed E-state index contributed by atoms with van der Waals surface area (Å²) in [5, 5.41) is 0.566. The Hall–Kier alpha value is -1.06. The molecule has 0 unspecified atom stereocenters. The van der Waals surface area contributed by atoms with Gasteiger partial charge in [-0.25, -0.2) is 5.43 Å². The third-order valence-electron chi connectivity index (χ3n) is 1.94. The first-order valence-electron chi connectivity index (χ1n) is 5.03. The largest absolute Gasteiger partial charge is 0.287 e. The topological polar surface area (TPSA) is 41.1 Å². The van der Waals surface area contributed by atoms with Crippen molar-refractivity contribution in [3.63, 3.8) is 0 Å². The van der Waals surface area contributed by atoms with E-state index in [-0.39, 0.29) is 5.91 Å². The molecule has 0 spiro atoms. The zero-order valence-corrected chi connectivity index (χ0v) is 9.47. The van der Waals surface area contributed by atoms with Crippen LogP contribution in [0, 0.1) is 0 Å². The number of nitrogens with one attached hydrogen (secondary N) is 2. The fraction of sp³-hybridized carbons (Fsp3) is 0.364. The van der Waals surface area contributed by atoms with Crippen molar-refractivity contribution in [1.82, 2.24) is 10.9 Å². The molecule has 4 heteroatoms. The quantitative estimate of drug-likeness (QED) is 0.598. The van der Waals surface area contributed by atoms with Crippen molar-refractivity contribution in [1.29, 1.82) is 0 Å². The van der Waals surface area contributed by atoms with E-state index in [9.17, 15) is 4.79 Å². The highest BCUT2D eigenvalue weighted by molar-refractivity contribution is 6.30. The van der Waals surface area contributed by atoms with Crippen molar-refractivity contribution < 1.29 is 4.79 Å². The number of unbranched alkanes of at least 4 members (excludes halogenated alkanes) is 1. The highest BCUT2D eigenvalue weighted by Gasteiger charge is 2.03. The predicted molar refractivity (Wildman–Crippen MR) is 61.8 cm³/mol. The lowest BCUT2D eigenvalue weighted by molar-refractivity contribution is 0.0933. The highest BCUT2D eigenvalue weighted by Crippen LogP contribution is 2.09. The molecule has 2 N–H and O–H groups in total. The van der Waals surface area contributed by atoms with Crippen LogP contribution in [0.5, 0.6) is 0 Å². The number of hydrogen-bond acceptors (Lipinski definition) is 2. The Bertz CT molecular complexity index is 328. The number of rotatable bonds is 5. The molecular formula is C11H15ClN2O. The Kier molecular flexibility index (Phi) is 5.15. The smallest absolute Gasteiger partial charge is 0.265 e. The Morgan fingerprint density at radius 1 is 1.47 bits per heavy atom. The lowest BCUT2D eigenvalue weighted by Gasteiger charge is -2.06. The number of amides is 1. The van der Waals surface area contributed by atoms with E-state index in [0.717, 1.165) is 19.4 Å². The van der Waals surface area contributed by atoms with Gasteiger partial charge in [-0.1, -0.05) is 31.0 Å². The van der Waals surface area contributed by atoms with Crippen molar-refractivity contribution in [3.8, 4) is 0 Å². The lowest BCUT2D eigenvalue weighted by atomic mass is 10.2. The molecule has 82 valence electrons. The number of hydrazine groups is 1. The summed E-state index contributed by atoms with van der Waals surface area (Å²) in [5.41, 5.74) is 6.04. The van der Waals surface area contributed by atoms with E-state index in [2.05, 4.69) is 17.8 Å². The Morgan fingerprint density at radius 2 is 2.27 bits per heavy atom. The van der Waals surface area contributed by atoms with Crippen LogP contribution in [-0.2, 0) is 0 Å². The van der Waals surface area contributed by atoms with Crippen LogP contribution < -0.4 is 10.9 Å². The van der Waals surface area contributed by atoms with Gasteiger partial charge in [0.25, 0.3) is 5.91 Å². The molecule has 0 saturated carbocycles. The van der Waals surface area contributed by atoms with Gasteiger partial charge in [-0.2, -0.15) is 0 Å². The molecule has 0 radical (unpaired) electrons. The van der Waals surface area contributed by atoms with Crippen LogP contribution in [-0.4, -0.2) is 12.5 Å². The summed E-state index contributed by atoms with van der Waals surface area (Å²) >= 11 is 5.77. The second kappa shape index (κ2) is 6.43. The summed E-state index contributed by atoms with van der Waals surface area (Å²) in [7, 11) is 0. The first-order chi connectivity index (χ1) is 7.24. The standard InChI is InChI=1S/C11H15ClN2O/c1-2-3-7-13-14-11(15)9-5-4-6-10(12)8-9/h4-6,8,13H,2-3,7H2,1H3,(H,14,15). The normalized spacial score (nSPS) is 10.0. The van der Waals surface area contributed by atoms with Crippen molar-refractivity contribution >= 4 is 17.5 Å². The van der Waals surface area contributed by atoms with Crippen molar-refractivity contribution in [2.24, 2.45) is 0 Å². The molecule has 1 amide bonds. The summed E-state index contributed by atoms with van der Waals surface area (Å²) < 4.78 is 0. The monoisotopic (exact) mass is 226 g/mol. The number of halogens is 1. The minimum absolute atomic E-state index is 0.159. The van der Waals surface area contributed by atoms with Gasteiger partial charge < -0.3 is 0 Å². The molecule has 0 aliphatic heterocycles. The summed E-state index contributed by atoms with van der Waals surface area (Å²) in [6.45, 7) is 2.88. The van der Waals surface area contributed by atoms with Crippen LogP contribution in [0.4, 0.5) is 0 Å². The number of carbonyl (C=O) groups is 1. The summed E-state index contributed by atoms with van der Waals surface area (Å²) in [6.07, 6.45) is 2.13. The van der Waals surface area contributed by atoms with E-state index in [1.165, 1.54) is 0 Å². The van der Waals surface area contributed by atoms with Gasteiger partial charge in [-0.3, -0.25) is 10.2 Å². The number of hydrogen-bond donors (Lipinski definition) is 2. The Morgan fingerprint density at radius 3 is 2.93 bits per heavy atom. The van der Waals surface area contributed by atoms with Gasteiger partial charge in [0.05, 0.1) is 0 Å². The second-order valence-corrected chi connectivity index (χ2v) is 3.68. The van der Waals surface area contributed by atoms with Crippen molar-refractivity contribution in [2.75, 3.05) is 6.54 Å². The zero-order chi connectivity index (χ0) is 11.1. The van der Waals surface area contributed by atoms with Crippen LogP contribution >= 0.6 is 11.6 Å². The minimum Gasteiger partial charge on any atom is -0.287 e. The molecule has 0 aliphatic carbocycles. The molecule has 0 heterocycles. The van der Waals surface area contributed by atoms with Crippen molar-refractivity contribution in [2.45, 2.75) is 19.8 Å². The van der Waals surface area contributed by atoms with Gasteiger partial charge in [0.2, 0.25) is 0 Å². The molecule has 1 rings (SSSR count). The van der Waals surface area contributed by atoms with Crippen LogP contribution in [0.2, 0.25) is 5.02 Å². The lowest BCUT2D eigenvalue weighted by Crippen LogP contribution is -2.37. The first kappa shape index (κ1) is 12.0. The van der Waals surface area contributed by atoms with Crippen LogP contribution in [0.1, 0.15) is 30.1 Å². The van der Waals surface area contributed by atoms with Crippen LogP contribution in [0.25, 0.3) is 0 Å².